The summed E-state index contributed by atoms with van der Waals surface area (Å²) in [4.78, 5) is 8.56. The third kappa shape index (κ3) is 195. The fourth-order valence-electron chi connectivity index (χ4n) is 0. The highest BCUT2D eigenvalue weighted by Crippen LogP contribution is 1.42. The summed E-state index contributed by atoms with van der Waals surface area (Å²) in [5.74, 6) is 0. The molecule has 0 aromatic heterocycles. The van der Waals surface area contributed by atoms with Crippen LogP contribution in [0.1, 0.15) is 0 Å². The second-order valence-corrected chi connectivity index (χ2v) is 0.283. The number of carbonyl (C=O) groups is 1. The van der Waals surface area contributed by atoms with Crippen molar-refractivity contribution < 1.29 is 15.0 Å². The molecule has 0 amide bonds. The van der Waals surface area contributed by atoms with E-state index in [0.717, 1.165) is 0 Å². The minimum Gasteiger partial charge on any atom is -0.450 e. The predicted octanol–water partition coefficient (Wildman–Crippen LogP) is 2.53. The Bertz CT molecular complexity index is 34.3. The average Bonchev–Trinajstić information content (AvgIpc) is 0.811. The lowest BCUT2D eigenvalue weighted by Crippen LogP contribution is -1.81. The van der Waals surface area contributed by atoms with Crippen LogP contribution in [0.5, 0.6) is 0 Å². The van der Waals surface area contributed by atoms with Crippen LogP contribution in [-0.4, -0.2) is 16.4 Å². The minimum atomic E-state index is -1.83. The van der Waals surface area contributed by atoms with Crippen LogP contribution < -0.4 is 0 Å². The largest absolute Gasteiger partial charge is 0.503 e. The molecule has 0 aliphatic heterocycles. The Morgan fingerprint density at radius 2 is 0.875 bits per heavy atom. The van der Waals surface area contributed by atoms with Gasteiger partial charge in [0.2, 0.25) is 0 Å². The predicted molar refractivity (Wildman–Crippen MR) is 51.9 cm³/mol. The van der Waals surface area contributed by atoms with Crippen molar-refractivity contribution in [3.63, 3.8) is 0 Å². The fraction of sp³-hybridized carbons (Fsp3) is 0. The summed E-state index contributed by atoms with van der Waals surface area (Å²) in [6.45, 7) is 0. The molecule has 0 aromatic rings. The summed E-state index contributed by atoms with van der Waals surface area (Å²) in [5.41, 5.74) is 0. The number of hydrogen-bond donors (Lipinski definition) is 2. The van der Waals surface area contributed by atoms with Crippen molar-refractivity contribution in [2.24, 2.45) is 0 Å². The second-order valence-electron chi connectivity index (χ2n) is 0.283. The zero-order valence-corrected chi connectivity index (χ0v) is 10.3. The Labute approximate surface area is 88.5 Å². The van der Waals surface area contributed by atoms with Gasteiger partial charge >= 0.3 is 6.16 Å². The highest BCUT2D eigenvalue weighted by Gasteiger charge is 1.70. The Balaban J connectivity index is -0.00000000750. The molecule has 0 unspecified atom stereocenters. The molecule has 0 saturated heterocycles. The molecular formula is CH6Br4O3. The van der Waals surface area contributed by atoms with E-state index in [0.29, 0.717) is 0 Å². The first-order valence-electron chi connectivity index (χ1n) is 0.651. The van der Waals surface area contributed by atoms with Gasteiger partial charge in [0.25, 0.3) is 0 Å². The maximum atomic E-state index is 8.56. The monoisotopic (exact) mass is 382 g/mol. The van der Waals surface area contributed by atoms with Gasteiger partial charge in [0.15, 0.2) is 0 Å². The summed E-state index contributed by atoms with van der Waals surface area (Å²) >= 11 is 0. The van der Waals surface area contributed by atoms with Crippen LogP contribution in [0.3, 0.4) is 0 Å². The number of hydrogen-bond acceptors (Lipinski definition) is 1. The lowest BCUT2D eigenvalue weighted by atomic mass is 11.5. The Morgan fingerprint density at radius 3 is 0.875 bits per heavy atom. The third-order valence-electron chi connectivity index (χ3n) is 0. The molecule has 2 N–H and O–H groups in total. The van der Waals surface area contributed by atoms with Crippen LogP contribution in [0, 0.1) is 0 Å². The number of rotatable bonds is 0. The second kappa shape index (κ2) is 24.1. The van der Waals surface area contributed by atoms with E-state index in [2.05, 4.69) is 0 Å². The van der Waals surface area contributed by atoms with Crippen LogP contribution in [0.2, 0.25) is 0 Å². The van der Waals surface area contributed by atoms with E-state index in [4.69, 9.17) is 15.0 Å². The average molecular weight is 386 g/mol. The summed E-state index contributed by atoms with van der Waals surface area (Å²) < 4.78 is 0. The first-order chi connectivity index (χ1) is 1.73. The summed E-state index contributed by atoms with van der Waals surface area (Å²) in [6.07, 6.45) is -1.83. The van der Waals surface area contributed by atoms with Gasteiger partial charge in [0.1, 0.15) is 0 Å². The van der Waals surface area contributed by atoms with Crippen LogP contribution in [0.25, 0.3) is 0 Å². The first kappa shape index (κ1) is 35.1. The van der Waals surface area contributed by atoms with Gasteiger partial charge in [-0.2, -0.15) is 0 Å². The molecular weight excluding hydrogens is 380 g/mol. The van der Waals surface area contributed by atoms with E-state index < -0.39 is 6.16 Å². The number of halogens is 4. The summed E-state index contributed by atoms with van der Waals surface area (Å²) in [7, 11) is 0. The van der Waals surface area contributed by atoms with Crippen molar-refractivity contribution in [3.05, 3.63) is 0 Å². The summed E-state index contributed by atoms with van der Waals surface area (Å²) in [5, 5.41) is 13.9. The molecule has 8 heavy (non-hydrogen) atoms. The molecule has 0 fully saturated rings. The van der Waals surface area contributed by atoms with Crippen molar-refractivity contribution in [1.82, 2.24) is 0 Å². The SMILES string of the molecule is Br.Br.Br.Br.O=C(O)O. The normalized spacial score (nSPS) is 3.00. The van der Waals surface area contributed by atoms with Crippen molar-refractivity contribution in [2.45, 2.75) is 0 Å². The van der Waals surface area contributed by atoms with Gasteiger partial charge in [-0.3, -0.25) is 0 Å². The molecule has 0 aliphatic rings. The molecule has 7 heteroatoms. The quantitative estimate of drug-likeness (QED) is 0.674. The molecule has 0 atom stereocenters. The molecule has 0 radical (unpaired) electrons. The van der Waals surface area contributed by atoms with Gasteiger partial charge in [-0.1, -0.05) is 0 Å². The van der Waals surface area contributed by atoms with E-state index in [1.54, 1.807) is 0 Å². The molecule has 0 aliphatic carbocycles. The lowest BCUT2D eigenvalue weighted by molar-refractivity contribution is 0.137. The van der Waals surface area contributed by atoms with Crippen LogP contribution >= 0.6 is 67.9 Å². The Kier molecular flexibility index (Phi) is 106. The van der Waals surface area contributed by atoms with Gasteiger partial charge in [0, 0.05) is 0 Å². The van der Waals surface area contributed by atoms with Gasteiger partial charge in [-0.25, -0.2) is 4.79 Å². The van der Waals surface area contributed by atoms with Crippen LogP contribution in [0.4, 0.5) is 4.79 Å². The zero-order chi connectivity index (χ0) is 3.58. The summed E-state index contributed by atoms with van der Waals surface area (Å²) in [6, 6.07) is 0. The smallest absolute Gasteiger partial charge is 0.450 e. The maximum Gasteiger partial charge on any atom is 0.503 e. The molecule has 0 saturated carbocycles. The van der Waals surface area contributed by atoms with Gasteiger partial charge < -0.3 is 10.2 Å². The maximum absolute atomic E-state index is 8.56. The van der Waals surface area contributed by atoms with Crippen molar-refractivity contribution >= 4 is 74.1 Å². The zero-order valence-electron chi connectivity index (χ0n) is 3.44. The molecule has 56 valence electrons. The molecule has 3 nitrogen and oxygen atoms in total. The van der Waals surface area contributed by atoms with E-state index in [9.17, 15) is 0 Å². The highest BCUT2D eigenvalue weighted by atomic mass is 79.9. The molecule has 0 aromatic carbocycles. The van der Waals surface area contributed by atoms with Gasteiger partial charge in [0.05, 0.1) is 0 Å². The van der Waals surface area contributed by atoms with Gasteiger partial charge in [-0.15, -0.1) is 67.9 Å². The molecule has 0 bridgehead atoms. The van der Waals surface area contributed by atoms with Crippen LogP contribution in [0.15, 0.2) is 0 Å². The topological polar surface area (TPSA) is 57.5 Å². The van der Waals surface area contributed by atoms with Gasteiger partial charge in [-0.05, 0) is 0 Å². The molecule has 0 rings (SSSR count). The first-order valence-corrected chi connectivity index (χ1v) is 0.651. The van der Waals surface area contributed by atoms with Crippen molar-refractivity contribution in [3.8, 4) is 0 Å². The molecule has 0 heterocycles. The third-order valence-corrected chi connectivity index (χ3v) is 0. The Morgan fingerprint density at radius 1 is 0.875 bits per heavy atom. The van der Waals surface area contributed by atoms with Crippen LogP contribution in [-0.2, 0) is 0 Å². The lowest BCUT2D eigenvalue weighted by Gasteiger charge is -1.60. The molecule has 0 spiro atoms. The van der Waals surface area contributed by atoms with Crippen molar-refractivity contribution in [1.29, 1.82) is 0 Å². The standard InChI is InChI=1S/CH2O3.4BrH/c2-1(3)4;;;;/h(H2,2,3,4);4*1H. The van der Waals surface area contributed by atoms with E-state index in [1.165, 1.54) is 0 Å². The fourth-order valence-corrected chi connectivity index (χ4v) is 0. The van der Waals surface area contributed by atoms with E-state index in [-0.39, 0.29) is 67.9 Å². The number of carboxylic acid groups (broad SMARTS) is 2. The highest BCUT2D eigenvalue weighted by molar-refractivity contribution is 8.93. The Hall–Kier alpha value is 1.19. The van der Waals surface area contributed by atoms with Crippen molar-refractivity contribution in [2.75, 3.05) is 0 Å². The minimum absolute atomic E-state index is 0. The van der Waals surface area contributed by atoms with E-state index in [1.807, 2.05) is 0 Å². The van der Waals surface area contributed by atoms with E-state index >= 15 is 0 Å².